The van der Waals surface area contributed by atoms with Crippen molar-refractivity contribution in [3.05, 3.63) is 29.8 Å². The third-order valence-corrected chi connectivity index (χ3v) is 3.49. The van der Waals surface area contributed by atoms with Crippen LogP contribution in [0.4, 0.5) is 4.39 Å². The van der Waals surface area contributed by atoms with Crippen LogP contribution in [-0.4, -0.2) is 29.0 Å². The van der Waals surface area contributed by atoms with Crippen LogP contribution in [0.5, 0.6) is 0 Å². The summed E-state index contributed by atoms with van der Waals surface area (Å²) < 4.78 is 12.9. The molecule has 0 radical (unpaired) electrons. The normalized spacial score (nSPS) is 20.4. The first kappa shape index (κ1) is 12.5. The Labute approximate surface area is 102 Å². The van der Waals surface area contributed by atoms with E-state index in [0.29, 0.717) is 12.1 Å². The van der Waals surface area contributed by atoms with E-state index in [4.69, 9.17) is 5.73 Å². The fourth-order valence-corrected chi connectivity index (χ4v) is 2.47. The highest BCUT2D eigenvalue weighted by Gasteiger charge is 2.24. The molecule has 17 heavy (non-hydrogen) atoms. The number of piperidine rings is 1. The number of pyridine rings is 1. The maximum absolute atomic E-state index is 12.9. The van der Waals surface area contributed by atoms with E-state index in [2.05, 4.69) is 16.8 Å². The lowest BCUT2D eigenvalue weighted by atomic mass is 10.0. The van der Waals surface area contributed by atoms with E-state index in [1.807, 2.05) is 0 Å². The van der Waals surface area contributed by atoms with Gasteiger partial charge in [0.05, 0.1) is 17.9 Å². The Balaban J connectivity index is 2.08. The third-order valence-electron chi connectivity index (χ3n) is 3.49. The van der Waals surface area contributed by atoms with Crippen LogP contribution in [0, 0.1) is 5.82 Å². The SMILES string of the molecule is CCC(c1ccc(F)cn1)N1CCC(N)CC1. The minimum atomic E-state index is -0.274. The molecule has 0 spiro atoms. The van der Waals surface area contributed by atoms with Crippen molar-refractivity contribution in [3.63, 3.8) is 0 Å². The molecule has 3 nitrogen and oxygen atoms in total. The van der Waals surface area contributed by atoms with Crippen LogP contribution in [-0.2, 0) is 0 Å². The van der Waals surface area contributed by atoms with Crippen LogP contribution >= 0.6 is 0 Å². The molecule has 1 aliphatic heterocycles. The monoisotopic (exact) mass is 237 g/mol. The molecule has 1 aromatic rings. The third kappa shape index (κ3) is 3.01. The molecule has 1 fully saturated rings. The molecule has 1 unspecified atom stereocenters. The van der Waals surface area contributed by atoms with Crippen molar-refractivity contribution >= 4 is 0 Å². The standard InChI is InChI=1S/C13H20FN3/c1-2-13(12-4-3-10(14)9-16-12)17-7-5-11(15)6-8-17/h3-4,9,11,13H,2,5-8,15H2,1H3. The van der Waals surface area contributed by atoms with E-state index < -0.39 is 0 Å². The van der Waals surface area contributed by atoms with Crippen molar-refractivity contribution < 1.29 is 4.39 Å². The van der Waals surface area contributed by atoms with E-state index in [0.717, 1.165) is 38.0 Å². The van der Waals surface area contributed by atoms with Gasteiger partial charge in [-0.25, -0.2) is 4.39 Å². The highest BCUT2D eigenvalue weighted by molar-refractivity contribution is 5.10. The van der Waals surface area contributed by atoms with Crippen molar-refractivity contribution in [1.82, 2.24) is 9.88 Å². The number of nitrogens with two attached hydrogens (primary N) is 1. The van der Waals surface area contributed by atoms with Gasteiger partial charge < -0.3 is 5.73 Å². The zero-order valence-electron chi connectivity index (χ0n) is 10.3. The number of nitrogens with zero attached hydrogens (tertiary/aromatic N) is 2. The first-order valence-electron chi connectivity index (χ1n) is 6.31. The summed E-state index contributed by atoms with van der Waals surface area (Å²) in [6.07, 6.45) is 4.37. The van der Waals surface area contributed by atoms with Gasteiger partial charge in [-0.2, -0.15) is 0 Å². The minimum absolute atomic E-state index is 0.274. The Morgan fingerprint density at radius 2 is 2.18 bits per heavy atom. The number of rotatable bonds is 3. The summed E-state index contributed by atoms with van der Waals surface area (Å²) in [5.41, 5.74) is 6.87. The van der Waals surface area contributed by atoms with Gasteiger partial charge in [-0.15, -0.1) is 0 Å². The van der Waals surface area contributed by atoms with E-state index in [9.17, 15) is 4.39 Å². The molecule has 1 aromatic heterocycles. The topological polar surface area (TPSA) is 42.2 Å². The van der Waals surface area contributed by atoms with Gasteiger partial charge in [-0.1, -0.05) is 6.92 Å². The molecular weight excluding hydrogens is 217 g/mol. The molecule has 1 aliphatic rings. The average Bonchev–Trinajstić information content (AvgIpc) is 2.35. The molecule has 0 amide bonds. The largest absolute Gasteiger partial charge is 0.328 e. The zero-order chi connectivity index (χ0) is 12.3. The van der Waals surface area contributed by atoms with E-state index in [1.54, 1.807) is 6.07 Å². The van der Waals surface area contributed by atoms with Crippen molar-refractivity contribution in [2.24, 2.45) is 5.73 Å². The number of halogens is 1. The second-order valence-electron chi connectivity index (χ2n) is 4.70. The van der Waals surface area contributed by atoms with Gasteiger partial charge in [-0.3, -0.25) is 9.88 Å². The van der Waals surface area contributed by atoms with Crippen LogP contribution < -0.4 is 5.73 Å². The van der Waals surface area contributed by atoms with Crippen LogP contribution in [0.2, 0.25) is 0 Å². The predicted octanol–water partition coefficient (Wildman–Crippen LogP) is 2.09. The molecule has 2 rings (SSSR count). The highest BCUT2D eigenvalue weighted by Crippen LogP contribution is 2.25. The first-order chi connectivity index (χ1) is 8.20. The second kappa shape index (κ2) is 5.56. The number of hydrogen-bond acceptors (Lipinski definition) is 3. The summed E-state index contributed by atoms with van der Waals surface area (Å²) in [4.78, 5) is 6.60. The molecule has 0 aliphatic carbocycles. The summed E-state index contributed by atoms with van der Waals surface area (Å²) in [7, 11) is 0. The quantitative estimate of drug-likeness (QED) is 0.875. The average molecular weight is 237 g/mol. The molecule has 0 aromatic carbocycles. The Kier molecular flexibility index (Phi) is 4.07. The molecule has 94 valence electrons. The van der Waals surface area contributed by atoms with Gasteiger partial charge in [0.1, 0.15) is 5.82 Å². The maximum Gasteiger partial charge on any atom is 0.141 e. The second-order valence-corrected chi connectivity index (χ2v) is 4.70. The summed E-state index contributed by atoms with van der Waals surface area (Å²) in [6.45, 7) is 4.17. The summed E-state index contributed by atoms with van der Waals surface area (Å²) in [6, 6.07) is 3.91. The van der Waals surface area contributed by atoms with Gasteiger partial charge in [0.25, 0.3) is 0 Å². The number of aromatic nitrogens is 1. The van der Waals surface area contributed by atoms with Gasteiger partial charge in [0.15, 0.2) is 0 Å². The summed E-state index contributed by atoms with van der Waals surface area (Å²) >= 11 is 0. The van der Waals surface area contributed by atoms with Gasteiger partial charge in [-0.05, 0) is 31.4 Å². The van der Waals surface area contributed by atoms with Crippen LogP contribution in [0.25, 0.3) is 0 Å². The Morgan fingerprint density at radius 3 is 2.71 bits per heavy atom. The molecular formula is C13H20FN3. The van der Waals surface area contributed by atoms with Crippen LogP contribution in [0.1, 0.15) is 37.9 Å². The smallest absolute Gasteiger partial charge is 0.141 e. The molecule has 4 heteroatoms. The molecule has 0 bridgehead atoms. The predicted molar refractivity (Wildman–Crippen MR) is 66.0 cm³/mol. The Morgan fingerprint density at radius 1 is 1.47 bits per heavy atom. The van der Waals surface area contributed by atoms with Gasteiger partial charge >= 0.3 is 0 Å². The van der Waals surface area contributed by atoms with E-state index in [-0.39, 0.29) is 5.82 Å². The van der Waals surface area contributed by atoms with Crippen LogP contribution in [0.15, 0.2) is 18.3 Å². The lowest BCUT2D eigenvalue weighted by Crippen LogP contribution is -2.41. The lowest BCUT2D eigenvalue weighted by Gasteiger charge is -2.35. The van der Waals surface area contributed by atoms with Crippen LogP contribution in [0.3, 0.4) is 0 Å². The van der Waals surface area contributed by atoms with Crippen molar-refractivity contribution in [2.45, 2.75) is 38.3 Å². The van der Waals surface area contributed by atoms with Gasteiger partial charge in [0.2, 0.25) is 0 Å². The maximum atomic E-state index is 12.9. The minimum Gasteiger partial charge on any atom is -0.328 e. The zero-order valence-corrected chi connectivity index (χ0v) is 10.3. The van der Waals surface area contributed by atoms with Gasteiger partial charge in [0, 0.05) is 19.1 Å². The van der Waals surface area contributed by atoms with Crippen molar-refractivity contribution in [3.8, 4) is 0 Å². The lowest BCUT2D eigenvalue weighted by molar-refractivity contribution is 0.146. The first-order valence-corrected chi connectivity index (χ1v) is 6.31. The summed E-state index contributed by atoms with van der Waals surface area (Å²) in [5.74, 6) is -0.274. The molecule has 2 N–H and O–H groups in total. The van der Waals surface area contributed by atoms with E-state index in [1.165, 1.54) is 12.3 Å². The number of likely N-dealkylation sites (tertiary alicyclic amines) is 1. The fraction of sp³-hybridized carbons (Fsp3) is 0.615. The molecule has 2 heterocycles. The molecule has 1 atom stereocenters. The van der Waals surface area contributed by atoms with Crippen molar-refractivity contribution in [2.75, 3.05) is 13.1 Å². The summed E-state index contributed by atoms with van der Waals surface area (Å²) in [5, 5.41) is 0. The highest BCUT2D eigenvalue weighted by atomic mass is 19.1. The molecule has 1 saturated heterocycles. The number of hydrogen-bond donors (Lipinski definition) is 1. The Hall–Kier alpha value is -1.00. The molecule has 0 saturated carbocycles. The fourth-order valence-electron chi connectivity index (χ4n) is 2.47. The van der Waals surface area contributed by atoms with Crippen molar-refractivity contribution in [1.29, 1.82) is 0 Å². The van der Waals surface area contributed by atoms with E-state index >= 15 is 0 Å². The Bertz CT molecular complexity index is 344.